The Morgan fingerprint density at radius 2 is 1.64 bits per heavy atom. The fraction of sp³-hybridized carbons (Fsp3) is 0.348. The maximum Gasteiger partial charge on any atom is 0.306 e. The minimum absolute atomic E-state index is 0.0629. The molecule has 0 unspecified atom stereocenters. The Morgan fingerprint density at radius 3 is 2.24 bits per heavy atom. The number of rotatable bonds is 11. The number of ether oxygens (including phenoxy) is 1. The zero-order valence-electron chi connectivity index (χ0n) is 18.8. The van der Waals surface area contributed by atoms with Crippen LogP contribution in [0, 0.1) is 6.92 Å². The first kappa shape index (κ1) is 26.5. The van der Waals surface area contributed by atoms with Crippen molar-refractivity contribution in [3.05, 3.63) is 58.6 Å². The van der Waals surface area contributed by atoms with Crippen molar-refractivity contribution >= 4 is 45.0 Å². The molecule has 0 heterocycles. The molecular weight excluding hydrogens is 468 g/mol. The molecule has 178 valence electrons. The van der Waals surface area contributed by atoms with Gasteiger partial charge in [-0.1, -0.05) is 31.5 Å². The van der Waals surface area contributed by atoms with Crippen LogP contribution in [0.2, 0.25) is 5.02 Å². The van der Waals surface area contributed by atoms with Crippen LogP contribution in [0.4, 0.5) is 5.69 Å². The lowest BCUT2D eigenvalue weighted by atomic mass is 10.1. The molecule has 1 amide bonds. The van der Waals surface area contributed by atoms with E-state index in [-0.39, 0.29) is 29.2 Å². The van der Waals surface area contributed by atoms with Gasteiger partial charge >= 0.3 is 5.97 Å². The van der Waals surface area contributed by atoms with Crippen LogP contribution in [0.3, 0.4) is 0 Å². The van der Waals surface area contributed by atoms with Gasteiger partial charge in [0.15, 0.2) is 12.4 Å². The second kappa shape index (κ2) is 11.9. The molecule has 0 atom stereocenters. The molecule has 0 aliphatic rings. The topological polar surface area (TPSA) is 110 Å². The zero-order chi connectivity index (χ0) is 24.6. The molecule has 1 N–H and O–H groups in total. The van der Waals surface area contributed by atoms with E-state index >= 15 is 0 Å². The van der Waals surface area contributed by atoms with Gasteiger partial charge in [-0.2, -0.15) is 4.31 Å². The molecule has 0 spiro atoms. The zero-order valence-corrected chi connectivity index (χ0v) is 20.3. The quantitative estimate of drug-likeness (QED) is 0.375. The molecule has 2 rings (SSSR count). The van der Waals surface area contributed by atoms with E-state index in [0.717, 1.165) is 0 Å². The fourth-order valence-corrected chi connectivity index (χ4v) is 4.90. The lowest BCUT2D eigenvalue weighted by Gasteiger charge is -2.20. The molecule has 0 bridgehead atoms. The molecule has 2 aromatic carbocycles. The first-order valence-corrected chi connectivity index (χ1v) is 12.2. The van der Waals surface area contributed by atoms with Gasteiger partial charge in [0.2, 0.25) is 10.0 Å². The molecule has 2 aromatic rings. The average molecular weight is 495 g/mol. The predicted molar refractivity (Wildman–Crippen MR) is 126 cm³/mol. The Morgan fingerprint density at radius 1 is 1.00 bits per heavy atom. The molecule has 0 saturated heterocycles. The summed E-state index contributed by atoms with van der Waals surface area (Å²) in [6.45, 7) is 5.27. The van der Waals surface area contributed by atoms with Crippen molar-refractivity contribution in [2.24, 2.45) is 0 Å². The van der Waals surface area contributed by atoms with E-state index in [9.17, 15) is 22.8 Å². The molecule has 10 heteroatoms. The van der Waals surface area contributed by atoms with Gasteiger partial charge in [-0.25, -0.2) is 8.42 Å². The number of aryl methyl sites for hydroxylation is 1. The van der Waals surface area contributed by atoms with E-state index in [2.05, 4.69) is 5.32 Å². The second-order valence-electron chi connectivity index (χ2n) is 7.21. The summed E-state index contributed by atoms with van der Waals surface area (Å²) >= 11 is 5.78. The third kappa shape index (κ3) is 7.38. The number of esters is 1. The van der Waals surface area contributed by atoms with E-state index in [1.807, 2.05) is 0 Å². The average Bonchev–Trinajstić information content (AvgIpc) is 2.78. The third-order valence-electron chi connectivity index (χ3n) is 4.88. The van der Waals surface area contributed by atoms with Crippen molar-refractivity contribution in [2.45, 2.75) is 38.5 Å². The van der Waals surface area contributed by atoms with Crippen LogP contribution in [-0.2, 0) is 24.3 Å². The van der Waals surface area contributed by atoms with Gasteiger partial charge < -0.3 is 10.1 Å². The third-order valence-corrected chi connectivity index (χ3v) is 7.33. The number of sulfonamides is 1. The Kier molecular flexibility index (Phi) is 9.57. The van der Waals surface area contributed by atoms with Gasteiger partial charge in [-0.15, -0.1) is 0 Å². The molecule has 0 radical (unpaired) electrons. The first-order valence-electron chi connectivity index (χ1n) is 10.4. The number of nitrogens with zero attached hydrogens (tertiary/aromatic N) is 1. The van der Waals surface area contributed by atoms with E-state index in [4.69, 9.17) is 16.3 Å². The summed E-state index contributed by atoms with van der Waals surface area (Å²) in [6, 6.07) is 10.9. The molecule has 0 aliphatic heterocycles. The summed E-state index contributed by atoms with van der Waals surface area (Å²) in [5.41, 5.74) is 1.25. The minimum Gasteiger partial charge on any atom is -0.456 e. The number of hydrogen-bond acceptors (Lipinski definition) is 6. The van der Waals surface area contributed by atoms with Crippen LogP contribution in [0.5, 0.6) is 0 Å². The Hall–Kier alpha value is -2.75. The number of carbonyl (C=O) groups is 3. The highest BCUT2D eigenvalue weighted by atomic mass is 35.5. The number of benzene rings is 2. The number of amides is 1. The molecule has 0 saturated carbocycles. The van der Waals surface area contributed by atoms with Crippen molar-refractivity contribution in [3.8, 4) is 0 Å². The standard InChI is InChI=1S/C23H27ClN2O6S/c1-4-26(5-2)33(30,31)21-14-19(11-6-16(21)3)25-22(28)15-32-23(29)13-12-20(27)17-7-9-18(24)10-8-17/h6-11,14H,4-5,12-13,15H2,1-3H3,(H,25,28). The highest BCUT2D eigenvalue weighted by molar-refractivity contribution is 7.89. The number of anilines is 1. The smallest absolute Gasteiger partial charge is 0.306 e. The van der Waals surface area contributed by atoms with E-state index in [1.54, 1.807) is 57.2 Å². The highest BCUT2D eigenvalue weighted by Gasteiger charge is 2.24. The van der Waals surface area contributed by atoms with Gasteiger partial charge in [-0.05, 0) is 48.9 Å². The van der Waals surface area contributed by atoms with E-state index in [0.29, 0.717) is 29.2 Å². The Balaban J connectivity index is 1.91. The second-order valence-corrected chi connectivity index (χ2v) is 9.55. The number of nitrogens with one attached hydrogen (secondary N) is 1. The molecule has 33 heavy (non-hydrogen) atoms. The maximum absolute atomic E-state index is 12.8. The summed E-state index contributed by atoms with van der Waals surface area (Å²) in [6.07, 6.45) is -0.238. The van der Waals surface area contributed by atoms with Crippen LogP contribution in [0.15, 0.2) is 47.4 Å². The van der Waals surface area contributed by atoms with Crippen LogP contribution in [0.25, 0.3) is 0 Å². The predicted octanol–water partition coefficient (Wildman–Crippen LogP) is 3.82. The summed E-state index contributed by atoms with van der Waals surface area (Å²) < 4.78 is 31.9. The van der Waals surface area contributed by atoms with E-state index < -0.39 is 28.5 Å². The molecule has 0 aliphatic carbocycles. The summed E-state index contributed by atoms with van der Waals surface area (Å²) in [7, 11) is -3.70. The van der Waals surface area contributed by atoms with Gasteiger partial charge in [0.1, 0.15) is 0 Å². The van der Waals surface area contributed by atoms with Crippen molar-refractivity contribution in [2.75, 3.05) is 25.0 Å². The molecule has 0 fully saturated rings. The molecular formula is C23H27ClN2O6S. The van der Waals surface area contributed by atoms with E-state index in [1.165, 1.54) is 10.4 Å². The largest absolute Gasteiger partial charge is 0.456 e. The Bertz CT molecular complexity index is 1110. The number of hydrogen-bond donors (Lipinski definition) is 1. The van der Waals surface area contributed by atoms with Gasteiger partial charge in [0, 0.05) is 35.8 Å². The van der Waals surface area contributed by atoms with Gasteiger partial charge in [0.05, 0.1) is 11.3 Å². The summed E-state index contributed by atoms with van der Waals surface area (Å²) in [4.78, 5) is 36.3. The summed E-state index contributed by atoms with van der Waals surface area (Å²) in [5.74, 6) is -1.56. The SMILES string of the molecule is CCN(CC)S(=O)(=O)c1cc(NC(=O)COC(=O)CCC(=O)c2ccc(Cl)cc2)ccc1C. The minimum atomic E-state index is -3.70. The maximum atomic E-state index is 12.8. The Labute approximate surface area is 198 Å². The number of Topliss-reactive ketones (excluding diaryl/α,β-unsaturated/α-hetero) is 1. The number of carbonyl (C=O) groups excluding carboxylic acids is 3. The number of ketones is 1. The fourth-order valence-electron chi connectivity index (χ4n) is 3.07. The first-order chi connectivity index (χ1) is 15.6. The van der Waals surface area contributed by atoms with Gasteiger partial charge in [-0.3, -0.25) is 14.4 Å². The molecule has 8 nitrogen and oxygen atoms in total. The summed E-state index contributed by atoms with van der Waals surface area (Å²) in [5, 5.41) is 3.03. The van der Waals surface area contributed by atoms with Gasteiger partial charge in [0.25, 0.3) is 5.91 Å². The highest BCUT2D eigenvalue weighted by Crippen LogP contribution is 2.23. The van der Waals surface area contributed by atoms with Crippen LogP contribution >= 0.6 is 11.6 Å². The lowest BCUT2D eigenvalue weighted by molar-refractivity contribution is -0.147. The number of halogens is 1. The molecule has 0 aromatic heterocycles. The van der Waals surface area contributed by atoms with Crippen LogP contribution in [0.1, 0.15) is 42.6 Å². The normalized spacial score (nSPS) is 11.3. The van der Waals surface area contributed by atoms with Crippen LogP contribution in [-0.4, -0.2) is 50.1 Å². The van der Waals surface area contributed by atoms with Crippen molar-refractivity contribution in [1.29, 1.82) is 0 Å². The van der Waals surface area contributed by atoms with Crippen molar-refractivity contribution in [3.63, 3.8) is 0 Å². The lowest BCUT2D eigenvalue weighted by Crippen LogP contribution is -2.31. The monoisotopic (exact) mass is 494 g/mol. The van der Waals surface area contributed by atoms with Crippen molar-refractivity contribution in [1.82, 2.24) is 4.31 Å². The van der Waals surface area contributed by atoms with Crippen molar-refractivity contribution < 1.29 is 27.5 Å². The van der Waals surface area contributed by atoms with Crippen LogP contribution < -0.4 is 5.32 Å².